The number of hydrogen-bond acceptors (Lipinski definition) is 10. The fraction of sp³-hybridized carbons (Fsp3) is 0.333. The Labute approximate surface area is 255 Å². The second-order valence-electron chi connectivity index (χ2n) is 10.3. The molecule has 3 heterocycles. The van der Waals surface area contributed by atoms with Gasteiger partial charge >= 0.3 is 0 Å². The van der Waals surface area contributed by atoms with Crippen LogP contribution in [-0.2, 0) is 14.6 Å². The third kappa shape index (κ3) is 5.97. The molecule has 44 heavy (non-hydrogen) atoms. The highest BCUT2D eigenvalue weighted by molar-refractivity contribution is 7.90. The fourth-order valence-corrected chi connectivity index (χ4v) is 5.79. The lowest BCUT2D eigenvalue weighted by Gasteiger charge is -2.36. The number of amides is 2. The minimum Gasteiger partial charge on any atom is -0.493 e. The molecule has 1 N–H and O–H groups in total. The van der Waals surface area contributed by atoms with Gasteiger partial charge in [0.15, 0.2) is 27.0 Å². The van der Waals surface area contributed by atoms with Gasteiger partial charge in [-0.25, -0.2) is 13.4 Å². The van der Waals surface area contributed by atoms with Gasteiger partial charge in [-0.1, -0.05) is 12.1 Å². The van der Waals surface area contributed by atoms with Crippen LogP contribution in [0.1, 0.15) is 17.3 Å². The normalized spacial score (nSPS) is 14.3. The molecule has 1 aliphatic heterocycles. The lowest BCUT2D eigenvalue weighted by Crippen LogP contribution is -2.53. The number of ether oxygens (including phenoxy) is 3. The van der Waals surface area contributed by atoms with E-state index >= 15 is 0 Å². The Hall–Kier alpha value is -4.85. The van der Waals surface area contributed by atoms with E-state index in [2.05, 4.69) is 15.3 Å². The van der Waals surface area contributed by atoms with Gasteiger partial charge in [0, 0.05) is 56.0 Å². The fourth-order valence-electron chi connectivity index (χ4n) is 5.16. The van der Waals surface area contributed by atoms with Gasteiger partial charge in [-0.2, -0.15) is 0 Å². The van der Waals surface area contributed by atoms with E-state index in [4.69, 9.17) is 14.2 Å². The standard InChI is InChI=1S/C30H34N6O7S/c1-19(32-28-26(33-25-18-31-10-11-36(25)28)20-6-8-22(9-7-20)44(5,39)40)29(37)34-12-14-35(15-13-34)30(38)21-16-23(41-2)27(43-4)24(17-21)42-3/h6-11,16-19,32H,12-15H2,1-5H3. The number of hydrogen-bond donors (Lipinski definition) is 1. The van der Waals surface area contributed by atoms with Crippen LogP contribution >= 0.6 is 0 Å². The topological polar surface area (TPSA) is 145 Å². The molecule has 1 unspecified atom stereocenters. The Morgan fingerprint density at radius 3 is 2.11 bits per heavy atom. The van der Waals surface area contributed by atoms with Gasteiger partial charge in [0.2, 0.25) is 11.7 Å². The first-order chi connectivity index (χ1) is 21.0. The zero-order chi connectivity index (χ0) is 31.6. The van der Waals surface area contributed by atoms with Gasteiger partial charge in [-0.3, -0.25) is 19.0 Å². The quantitative estimate of drug-likeness (QED) is 0.296. The third-order valence-electron chi connectivity index (χ3n) is 7.50. The number of anilines is 1. The van der Waals surface area contributed by atoms with Crippen molar-refractivity contribution in [3.8, 4) is 28.5 Å². The molecule has 1 atom stereocenters. The molecule has 5 rings (SSSR count). The number of carbonyl (C=O) groups is 2. The zero-order valence-electron chi connectivity index (χ0n) is 25.1. The molecule has 2 amide bonds. The van der Waals surface area contributed by atoms with Crippen LogP contribution in [0.2, 0.25) is 0 Å². The molecule has 13 nitrogen and oxygen atoms in total. The van der Waals surface area contributed by atoms with Crippen LogP contribution < -0.4 is 19.5 Å². The summed E-state index contributed by atoms with van der Waals surface area (Å²) in [6.45, 7) is 3.20. The average Bonchev–Trinajstić information content (AvgIpc) is 3.41. The first-order valence-corrected chi connectivity index (χ1v) is 15.7. The second-order valence-corrected chi connectivity index (χ2v) is 12.3. The SMILES string of the molecule is COc1cc(C(=O)N2CCN(C(=O)C(C)Nc3c(-c4ccc(S(C)(=O)=O)cc4)nc4cnccn34)CC2)cc(OC)c1OC. The number of rotatable bonds is 9. The molecule has 4 aromatic rings. The van der Waals surface area contributed by atoms with Crippen LogP contribution in [0.3, 0.4) is 0 Å². The summed E-state index contributed by atoms with van der Waals surface area (Å²) >= 11 is 0. The van der Waals surface area contributed by atoms with Crippen LogP contribution in [0.25, 0.3) is 16.9 Å². The maximum atomic E-state index is 13.6. The second kappa shape index (κ2) is 12.4. The van der Waals surface area contributed by atoms with Crippen LogP contribution in [-0.4, -0.2) is 104 Å². The molecule has 0 aliphatic carbocycles. The van der Waals surface area contributed by atoms with Gasteiger partial charge in [0.05, 0.1) is 32.4 Å². The highest BCUT2D eigenvalue weighted by Gasteiger charge is 2.29. The lowest BCUT2D eigenvalue weighted by atomic mass is 10.1. The summed E-state index contributed by atoms with van der Waals surface area (Å²) in [5.41, 5.74) is 2.20. The van der Waals surface area contributed by atoms with Gasteiger partial charge in [0.1, 0.15) is 17.6 Å². The molecule has 0 bridgehead atoms. The predicted molar refractivity (Wildman–Crippen MR) is 163 cm³/mol. The van der Waals surface area contributed by atoms with Crippen molar-refractivity contribution in [3.63, 3.8) is 0 Å². The monoisotopic (exact) mass is 622 g/mol. The molecular weight excluding hydrogens is 588 g/mol. The predicted octanol–water partition coefficient (Wildman–Crippen LogP) is 2.61. The number of carbonyl (C=O) groups excluding carboxylic acids is 2. The minimum absolute atomic E-state index is 0.132. The van der Waals surface area contributed by atoms with Gasteiger partial charge in [-0.05, 0) is 31.2 Å². The van der Waals surface area contributed by atoms with Crippen molar-refractivity contribution in [2.24, 2.45) is 0 Å². The summed E-state index contributed by atoms with van der Waals surface area (Å²) in [5, 5.41) is 3.31. The van der Waals surface area contributed by atoms with E-state index in [1.807, 2.05) is 0 Å². The van der Waals surface area contributed by atoms with Crippen LogP contribution in [0, 0.1) is 0 Å². The maximum Gasteiger partial charge on any atom is 0.254 e. The summed E-state index contributed by atoms with van der Waals surface area (Å²) in [6, 6.07) is 9.04. The van der Waals surface area contributed by atoms with Crippen LogP contribution in [0.15, 0.2) is 59.9 Å². The molecule has 0 radical (unpaired) electrons. The number of imidazole rings is 1. The number of methoxy groups -OCH3 is 3. The van der Waals surface area contributed by atoms with E-state index in [-0.39, 0.29) is 16.7 Å². The number of aromatic nitrogens is 3. The van der Waals surface area contributed by atoms with Crippen LogP contribution in [0.5, 0.6) is 17.2 Å². The Bertz CT molecular complexity index is 1770. The number of nitrogens with one attached hydrogen (secondary N) is 1. The molecule has 0 saturated carbocycles. The molecule has 1 saturated heterocycles. The van der Waals surface area contributed by atoms with Gasteiger partial charge in [-0.15, -0.1) is 0 Å². The van der Waals surface area contributed by atoms with Crippen molar-refractivity contribution in [1.29, 1.82) is 0 Å². The number of piperazine rings is 1. The summed E-state index contributed by atoms with van der Waals surface area (Å²) in [7, 11) is 1.13. The Morgan fingerprint density at radius 1 is 0.932 bits per heavy atom. The molecule has 1 fully saturated rings. The van der Waals surface area contributed by atoms with Crippen molar-refractivity contribution in [2.45, 2.75) is 17.9 Å². The Balaban J connectivity index is 1.30. The molecule has 2 aromatic heterocycles. The van der Waals surface area contributed by atoms with Crippen molar-refractivity contribution < 1.29 is 32.2 Å². The molecule has 14 heteroatoms. The summed E-state index contributed by atoms with van der Waals surface area (Å²) in [5.74, 6) is 1.42. The van der Waals surface area contributed by atoms with E-state index in [1.165, 1.54) is 33.5 Å². The van der Waals surface area contributed by atoms with E-state index < -0.39 is 15.9 Å². The average molecular weight is 623 g/mol. The number of nitrogens with zero attached hydrogens (tertiary/aromatic N) is 5. The number of fused-ring (bicyclic) bond motifs is 1. The zero-order valence-corrected chi connectivity index (χ0v) is 25.9. The maximum absolute atomic E-state index is 13.6. The van der Waals surface area contributed by atoms with Crippen molar-refractivity contribution >= 4 is 33.1 Å². The van der Waals surface area contributed by atoms with Crippen molar-refractivity contribution in [3.05, 3.63) is 60.6 Å². The molecule has 2 aromatic carbocycles. The lowest BCUT2D eigenvalue weighted by molar-refractivity contribution is -0.133. The largest absolute Gasteiger partial charge is 0.493 e. The minimum atomic E-state index is -3.36. The van der Waals surface area contributed by atoms with E-state index in [9.17, 15) is 18.0 Å². The third-order valence-corrected chi connectivity index (χ3v) is 8.63. The highest BCUT2D eigenvalue weighted by Crippen LogP contribution is 2.38. The molecule has 232 valence electrons. The smallest absolute Gasteiger partial charge is 0.254 e. The Kier molecular flexibility index (Phi) is 8.63. The summed E-state index contributed by atoms with van der Waals surface area (Å²) in [6.07, 6.45) is 6.12. The van der Waals surface area contributed by atoms with E-state index in [0.29, 0.717) is 71.7 Å². The first kappa shape index (κ1) is 30.6. The number of benzene rings is 2. The van der Waals surface area contributed by atoms with Crippen molar-refractivity contribution in [1.82, 2.24) is 24.2 Å². The molecular formula is C30H34N6O7S. The molecule has 1 aliphatic rings. The van der Waals surface area contributed by atoms with E-state index in [1.54, 1.807) is 64.0 Å². The van der Waals surface area contributed by atoms with E-state index in [0.717, 1.165) is 6.26 Å². The summed E-state index contributed by atoms with van der Waals surface area (Å²) in [4.78, 5) is 39.3. The highest BCUT2D eigenvalue weighted by atomic mass is 32.2. The van der Waals surface area contributed by atoms with Crippen molar-refractivity contribution in [2.75, 3.05) is 59.1 Å². The van der Waals surface area contributed by atoms with Gasteiger partial charge < -0.3 is 29.3 Å². The number of sulfone groups is 1. The Morgan fingerprint density at radius 2 is 1.55 bits per heavy atom. The van der Waals surface area contributed by atoms with Crippen LogP contribution in [0.4, 0.5) is 5.82 Å². The summed E-state index contributed by atoms with van der Waals surface area (Å²) < 4.78 is 41.8. The molecule has 0 spiro atoms. The first-order valence-electron chi connectivity index (χ1n) is 13.8. The van der Waals surface area contributed by atoms with Gasteiger partial charge in [0.25, 0.3) is 5.91 Å².